The molecule has 2 N–H and O–H groups in total. The van der Waals surface area contributed by atoms with Crippen LogP contribution in [0.25, 0.3) is 10.8 Å². The van der Waals surface area contributed by atoms with Crippen molar-refractivity contribution in [1.29, 1.82) is 0 Å². The fraction of sp³-hybridized carbons (Fsp3) is 0.333. The molecule has 96 valence electrons. The van der Waals surface area contributed by atoms with Crippen LogP contribution in [0.1, 0.15) is 19.4 Å². The van der Waals surface area contributed by atoms with Crippen LogP contribution >= 0.6 is 0 Å². The van der Waals surface area contributed by atoms with Crippen molar-refractivity contribution in [3.05, 3.63) is 48.0 Å². The number of hydrogen-bond donors (Lipinski definition) is 1. The smallest absolute Gasteiger partial charge is 0.0492 e. The molecule has 0 heterocycles. The third-order valence-corrected chi connectivity index (χ3v) is 4.43. The van der Waals surface area contributed by atoms with Crippen molar-refractivity contribution in [1.82, 2.24) is 0 Å². The SMILES string of the molecule is CC(C)(N)CS(=O)Cc1cccc2ccccc12. The standard InChI is InChI=1S/C15H19NOS/c1-15(2,16)11-18(17)10-13-8-5-7-12-6-3-4-9-14(12)13/h3-9H,10-11,16H2,1-2H3. The van der Waals surface area contributed by atoms with Crippen molar-refractivity contribution >= 4 is 21.6 Å². The van der Waals surface area contributed by atoms with Gasteiger partial charge in [0.15, 0.2) is 0 Å². The van der Waals surface area contributed by atoms with Crippen molar-refractivity contribution in [2.45, 2.75) is 25.1 Å². The Morgan fingerprint density at radius 1 is 1.11 bits per heavy atom. The first kappa shape index (κ1) is 13.2. The Morgan fingerprint density at radius 2 is 1.78 bits per heavy atom. The van der Waals surface area contributed by atoms with E-state index in [2.05, 4.69) is 18.2 Å². The van der Waals surface area contributed by atoms with E-state index in [0.29, 0.717) is 11.5 Å². The second-order valence-corrected chi connectivity index (χ2v) is 6.81. The summed E-state index contributed by atoms with van der Waals surface area (Å²) in [5.74, 6) is 1.10. The molecular formula is C15H19NOS. The fourth-order valence-electron chi connectivity index (χ4n) is 2.06. The van der Waals surface area contributed by atoms with E-state index >= 15 is 0 Å². The first-order valence-corrected chi connectivity index (χ1v) is 7.55. The minimum absolute atomic E-state index is 0.380. The Bertz CT molecular complexity index is 567. The van der Waals surface area contributed by atoms with Gasteiger partial charge in [0.2, 0.25) is 0 Å². The van der Waals surface area contributed by atoms with Crippen LogP contribution in [0.2, 0.25) is 0 Å². The number of nitrogens with two attached hydrogens (primary N) is 1. The molecule has 18 heavy (non-hydrogen) atoms. The number of hydrogen-bond acceptors (Lipinski definition) is 2. The van der Waals surface area contributed by atoms with Crippen LogP contribution in [0.4, 0.5) is 0 Å². The van der Waals surface area contributed by atoms with Gasteiger partial charge < -0.3 is 5.73 Å². The van der Waals surface area contributed by atoms with Crippen LogP contribution in [0.15, 0.2) is 42.5 Å². The van der Waals surface area contributed by atoms with Gasteiger partial charge in [-0.3, -0.25) is 4.21 Å². The lowest BCUT2D eigenvalue weighted by Gasteiger charge is -2.17. The number of fused-ring (bicyclic) bond motifs is 1. The molecule has 0 radical (unpaired) electrons. The molecular weight excluding hydrogens is 242 g/mol. The third kappa shape index (κ3) is 3.40. The summed E-state index contributed by atoms with van der Waals surface area (Å²) in [4.78, 5) is 0. The Balaban J connectivity index is 2.24. The van der Waals surface area contributed by atoms with E-state index in [1.165, 1.54) is 10.8 Å². The van der Waals surface area contributed by atoms with Gasteiger partial charge in [0.25, 0.3) is 0 Å². The second-order valence-electron chi connectivity index (χ2n) is 5.36. The van der Waals surface area contributed by atoms with Gasteiger partial charge >= 0.3 is 0 Å². The maximum absolute atomic E-state index is 12.1. The molecule has 0 amide bonds. The topological polar surface area (TPSA) is 43.1 Å². The van der Waals surface area contributed by atoms with Crippen molar-refractivity contribution in [3.63, 3.8) is 0 Å². The molecule has 0 fully saturated rings. The minimum Gasteiger partial charge on any atom is -0.325 e. The molecule has 2 rings (SSSR count). The summed E-state index contributed by atoms with van der Waals surface area (Å²) in [6, 6.07) is 14.3. The number of benzene rings is 2. The molecule has 0 bridgehead atoms. The molecule has 1 unspecified atom stereocenters. The molecule has 0 aliphatic rings. The summed E-state index contributed by atoms with van der Waals surface area (Å²) in [7, 11) is -0.921. The molecule has 3 heteroatoms. The summed E-state index contributed by atoms with van der Waals surface area (Å²) >= 11 is 0. The highest BCUT2D eigenvalue weighted by Gasteiger charge is 2.16. The minimum atomic E-state index is -0.921. The average molecular weight is 261 g/mol. The second kappa shape index (κ2) is 5.21. The molecule has 2 aromatic carbocycles. The molecule has 0 spiro atoms. The summed E-state index contributed by atoms with van der Waals surface area (Å²) in [6.45, 7) is 3.82. The normalized spacial score (nSPS) is 13.7. The Morgan fingerprint density at radius 3 is 2.50 bits per heavy atom. The highest BCUT2D eigenvalue weighted by Crippen LogP contribution is 2.20. The molecule has 0 saturated heterocycles. The van der Waals surface area contributed by atoms with Gasteiger partial charge in [-0.05, 0) is 30.2 Å². The first-order chi connectivity index (χ1) is 8.46. The molecule has 0 aromatic heterocycles. The summed E-state index contributed by atoms with van der Waals surface area (Å²) in [6.07, 6.45) is 0. The van der Waals surface area contributed by atoms with Gasteiger partial charge in [-0.15, -0.1) is 0 Å². The molecule has 0 saturated carbocycles. The Kier molecular flexibility index (Phi) is 3.83. The zero-order chi connectivity index (χ0) is 13.2. The zero-order valence-electron chi connectivity index (χ0n) is 10.8. The number of rotatable bonds is 4. The molecule has 2 aromatic rings. The largest absolute Gasteiger partial charge is 0.325 e. The van der Waals surface area contributed by atoms with E-state index in [9.17, 15) is 4.21 Å². The van der Waals surface area contributed by atoms with E-state index in [1.54, 1.807) is 0 Å². The maximum Gasteiger partial charge on any atom is 0.0492 e. The average Bonchev–Trinajstić information content (AvgIpc) is 2.27. The molecule has 1 atom stereocenters. The Labute approximate surface area is 111 Å². The van der Waals surface area contributed by atoms with Crippen molar-refractivity contribution < 1.29 is 4.21 Å². The monoisotopic (exact) mass is 261 g/mol. The highest BCUT2D eigenvalue weighted by molar-refractivity contribution is 7.84. The summed E-state index contributed by atoms with van der Waals surface area (Å²) in [5, 5.41) is 2.38. The molecule has 2 nitrogen and oxygen atoms in total. The predicted octanol–water partition coefficient (Wildman–Crippen LogP) is 2.83. The van der Waals surface area contributed by atoms with Crippen LogP contribution in [0, 0.1) is 0 Å². The maximum atomic E-state index is 12.1. The van der Waals surface area contributed by atoms with E-state index in [-0.39, 0.29) is 5.54 Å². The van der Waals surface area contributed by atoms with E-state index in [1.807, 2.05) is 38.1 Å². The van der Waals surface area contributed by atoms with Crippen molar-refractivity contribution in [3.8, 4) is 0 Å². The molecule has 0 aliphatic heterocycles. The van der Waals surface area contributed by atoms with Crippen LogP contribution in [-0.2, 0) is 16.6 Å². The van der Waals surface area contributed by atoms with Gasteiger partial charge in [0.1, 0.15) is 0 Å². The summed E-state index contributed by atoms with van der Waals surface area (Å²) in [5.41, 5.74) is 6.66. The first-order valence-electron chi connectivity index (χ1n) is 6.06. The highest BCUT2D eigenvalue weighted by atomic mass is 32.2. The quantitative estimate of drug-likeness (QED) is 0.919. The van der Waals surface area contributed by atoms with Gasteiger partial charge in [-0.25, -0.2) is 0 Å². The lowest BCUT2D eigenvalue weighted by molar-refractivity contribution is 0.577. The molecule has 0 aliphatic carbocycles. The van der Waals surface area contributed by atoms with Gasteiger partial charge in [0, 0.05) is 27.8 Å². The zero-order valence-corrected chi connectivity index (χ0v) is 11.7. The predicted molar refractivity (Wildman–Crippen MR) is 78.9 cm³/mol. The lowest BCUT2D eigenvalue weighted by atomic mass is 10.1. The van der Waals surface area contributed by atoms with Gasteiger partial charge in [-0.1, -0.05) is 42.5 Å². The lowest BCUT2D eigenvalue weighted by Crippen LogP contribution is -2.38. The summed E-state index contributed by atoms with van der Waals surface area (Å²) < 4.78 is 12.1. The van der Waals surface area contributed by atoms with E-state index < -0.39 is 10.8 Å². The van der Waals surface area contributed by atoms with Crippen molar-refractivity contribution in [2.24, 2.45) is 5.73 Å². The van der Waals surface area contributed by atoms with Gasteiger partial charge in [-0.2, -0.15) is 0 Å². The fourth-order valence-corrected chi connectivity index (χ4v) is 3.59. The Hall–Kier alpha value is -1.19. The van der Waals surface area contributed by atoms with E-state index in [0.717, 1.165) is 5.56 Å². The van der Waals surface area contributed by atoms with Gasteiger partial charge in [0.05, 0.1) is 0 Å². The van der Waals surface area contributed by atoms with Crippen molar-refractivity contribution in [2.75, 3.05) is 5.75 Å². The van der Waals surface area contributed by atoms with E-state index in [4.69, 9.17) is 5.73 Å². The van der Waals surface area contributed by atoms with Crippen LogP contribution in [0.5, 0.6) is 0 Å². The van der Waals surface area contributed by atoms with Crippen LogP contribution in [-0.4, -0.2) is 15.5 Å². The third-order valence-electron chi connectivity index (χ3n) is 2.73. The van der Waals surface area contributed by atoms with Crippen LogP contribution in [0.3, 0.4) is 0 Å². The van der Waals surface area contributed by atoms with Crippen LogP contribution < -0.4 is 5.73 Å².